The molecule has 4 heteroatoms. The molecule has 2 aromatic carbocycles. The SMILES string of the molecule is CC.Cc1ccc(Oc2cccc(OCc3ncco3)c2)cc1. The largest absolute Gasteiger partial charge is 0.484 e. The summed E-state index contributed by atoms with van der Waals surface area (Å²) in [6, 6.07) is 15.4. The fourth-order valence-electron chi connectivity index (χ4n) is 1.84. The molecule has 0 unspecified atom stereocenters. The summed E-state index contributed by atoms with van der Waals surface area (Å²) in [5, 5.41) is 0. The van der Waals surface area contributed by atoms with E-state index in [9.17, 15) is 0 Å². The molecule has 1 aromatic heterocycles. The first-order valence-electron chi connectivity index (χ1n) is 7.65. The van der Waals surface area contributed by atoms with Gasteiger partial charge in [0.05, 0.1) is 6.20 Å². The Morgan fingerprint density at radius 3 is 2.39 bits per heavy atom. The quantitative estimate of drug-likeness (QED) is 0.634. The van der Waals surface area contributed by atoms with Gasteiger partial charge in [0.15, 0.2) is 6.61 Å². The summed E-state index contributed by atoms with van der Waals surface area (Å²) < 4.78 is 16.5. The zero-order valence-corrected chi connectivity index (χ0v) is 13.7. The molecule has 23 heavy (non-hydrogen) atoms. The lowest BCUT2D eigenvalue weighted by Crippen LogP contribution is -1.95. The summed E-state index contributed by atoms with van der Waals surface area (Å²) >= 11 is 0. The van der Waals surface area contributed by atoms with Crippen LogP contribution in [-0.4, -0.2) is 4.98 Å². The van der Waals surface area contributed by atoms with Gasteiger partial charge in [0.1, 0.15) is 23.5 Å². The van der Waals surface area contributed by atoms with Crippen LogP contribution in [-0.2, 0) is 6.61 Å². The van der Waals surface area contributed by atoms with Crippen molar-refractivity contribution in [3.63, 3.8) is 0 Å². The lowest BCUT2D eigenvalue weighted by molar-refractivity contribution is 0.262. The molecule has 3 aromatic rings. The van der Waals surface area contributed by atoms with Crippen LogP contribution < -0.4 is 9.47 Å². The van der Waals surface area contributed by atoms with Gasteiger partial charge in [-0.2, -0.15) is 0 Å². The Bertz CT molecular complexity index is 691. The van der Waals surface area contributed by atoms with Gasteiger partial charge in [-0.3, -0.25) is 0 Å². The summed E-state index contributed by atoms with van der Waals surface area (Å²) in [6.45, 7) is 6.34. The number of benzene rings is 2. The van der Waals surface area contributed by atoms with Crippen LogP contribution in [0.1, 0.15) is 25.3 Å². The van der Waals surface area contributed by atoms with E-state index in [1.165, 1.54) is 11.8 Å². The first kappa shape index (κ1) is 16.6. The summed E-state index contributed by atoms with van der Waals surface area (Å²) in [7, 11) is 0. The van der Waals surface area contributed by atoms with E-state index in [1.54, 1.807) is 6.20 Å². The molecule has 0 aliphatic heterocycles. The third kappa shape index (κ3) is 5.18. The van der Waals surface area contributed by atoms with Crippen LogP contribution in [0.3, 0.4) is 0 Å². The van der Waals surface area contributed by atoms with Crippen LogP contribution >= 0.6 is 0 Å². The maximum atomic E-state index is 5.79. The molecule has 1 heterocycles. The molecule has 0 atom stereocenters. The predicted octanol–water partition coefficient (Wildman–Crippen LogP) is 5.38. The van der Waals surface area contributed by atoms with E-state index in [0.717, 1.165) is 11.5 Å². The van der Waals surface area contributed by atoms with E-state index in [-0.39, 0.29) is 0 Å². The normalized spacial score (nSPS) is 9.70. The molecular formula is C19H21NO3. The van der Waals surface area contributed by atoms with Gasteiger partial charge < -0.3 is 13.9 Å². The van der Waals surface area contributed by atoms with Crippen molar-refractivity contribution in [2.45, 2.75) is 27.4 Å². The van der Waals surface area contributed by atoms with Crippen molar-refractivity contribution in [1.29, 1.82) is 0 Å². The first-order valence-corrected chi connectivity index (χ1v) is 7.65. The Hall–Kier alpha value is -2.75. The van der Waals surface area contributed by atoms with Crippen LogP contribution in [0.15, 0.2) is 65.4 Å². The highest BCUT2D eigenvalue weighted by atomic mass is 16.5. The van der Waals surface area contributed by atoms with Crippen LogP contribution in [0.4, 0.5) is 0 Å². The van der Waals surface area contributed by atoms with Gasteiger partial charge in [-0.25, -0.2) is 4.98 Å². The molecule has 0 fully saturated rings. The standard InChI is InChI=1S/C17H15NO3.C2H6/c1-13-5-7-14(8-6-13)21-16-4-2-3-15(11-16)20-12-17-18-9-10-19-17;1-2/h2-11H,12H2,1H3;1-2H3. The third-order valence-corrected chi connectivity index (χ3v) is 2.91. The van der Waals surface area contributed by atoms with E-state index >= 15 is 0 Å². The van der Waals surface area contributed by atoms with Gasteiger partial charge in [-0.15, -0.1) is 0 Å². The Morgan fingerprint density at radius 2 is 1.70 bits per heavy atom. The van der Waals surface area contributed by atoms with Gasteiger partial charge >= 0.3 is 0 Å². The van der Waals surface area contributed by atoms with E-state index < -0.39 is 0 Å². The third-order valence-electron chi connectivity index (χ3n) is 2.91. The zero-order chi connectivity index (χ0) is 16.5. The van der Waals surface area contributed by atoms with Crippen molar-refractivity contribution in [3.8, 4) is 17.2 Å². The summed E-state index contributed by atoms with van der Waals surface area (Å²) in [5.74, 6) is 2.77. The number of ether oxygens (including phenoxy) is 2. The van der Waals surface area contributed by atoms with Crippen molar-refractivity contribution < 1.29 is 13.9 Å². The molecule has 0 N–H and O–H groups in total. The van der Waals surface area contributed by atoms with Gasteiger partial charge in [0, 0.05) is 6.07 Å². The highest BCUT2D eigenvalue weighted by molar-refractivity contribution is 5.37. The van der Waals surface area contributed by atoms with Crippen LogP contribution in [0, 0.1) is 6.92 Å². The number of nitrogens with zero attached hydrogens (tertiary/aromatic N) is 1. The summed E-state index contributed by atoms with van der Waals surface area (Å²) in [5.41, 5.74) is 1.20. The minimum Gasteiger partial charge on any atom is -0.484 e. The Labute approximate surface area is 136 Å². The number of hydrogen-bond acceptors (Lipinski definition) is 4. The van der Waals surface area contributed by atoms with Gasteiger partial charge in [-0.1, -0.05) is 37.6 Å². The zero-order valence-electron chi connectivity index (χ0n) is 13.7. The number of aromatic nitrogens is 1. The molecular weight excluding hydrogens is 290 g/mol. The summed E-state index contributed by atoms with van der Waals surface area (Å²) in [6.07, 6.45) is 3.12. The molecule has 0 amide bonds. The predicted molar refractivity (Wildman–Crippen MR) is 89.9 cm³/mol. The topological polar surface area (TPSA) is 44.5 Å². The van der Waals surface area contributed by atoms with Gasteiger partial charge in [0.25, 0.3) is 0 Å². The van der Waals surface area contributed by atoms with Crippen molar-refractivity contribution in [1.82, 2.24) is 4.98 Å². The molecule has 3 rings (SSSR count). The average Bonchev–Trinajstić information content (AvgIpc) is 3.11. The van der Waals surface area contributed by atoms with Gasteiger partial charge in [0.2, 0.25) is 5.89 Å². The second kappa shape index (κ2) is 8.63. The molecule has 120 valence electrons. The molecule has 0 saturated carbocycles. The number of oxazole rings is 1. The van der Waals surface area contributed by atoms with Crippen LogP contribution in [0.25, 0.3) is 0 Å². The highest BCUT2D eigenvalue weighted by Gasteiger charge is 2.02. The fourth-order valence-corrected chi connectivity index (χ4v) is 1.84. The van der Waals surface area contributed by atoms with Crippen molar-refractivity contribution in [2.24, 2.45) is 0 Å². The molecule has 0 bridgehead atoms. The van der Waals surface area contributed by atoms with Crippen molar-refractivity contribution in [3.05, 3.63) is 72.4 Å². The lowest BCUT2D eigenvalue weighted by Gasteiger charge is -2.08. The second-order valence-electron chi connectivity index (χ2n) is 4.60. The Morgan fingerprint density at radius 1 is 0.957 bits per heavy atom. The van der Waals surface area contributed by atoms with E-state index in [0.29, 0.717) is 18.2 Å². The Kier molecular flexibility index (Phi) is 6.24. The fraction of sp³-hybridized carbons (Fsp3) is 0.211. The highest BCUT2D eigenvalue weighted by Crippen LogP contribution is 2.25. The molecule has 4 nitrogen and oxygen atoms in total. The van der Waals surface area contributed by atoms with Crippen LogP contribution in [0.5, 0.6) is 17.2 Å². The van der Waals surface area contributed by atoms with Crippen molar-refractivity contribution in [2.75, 3.05) is 0 Å². The minimum atomic E-state index is 0.293. The maximum Gasteiger partial charge on any atom is 0.232 e. The van der Waals surface area contributed by atoms with Crippen LogP contribution in [0.2, 0.25) is 0 Å². The molecule has 0 spiro atoms. The lowest BCUT2D eigenvalue weighted by atomic mass is 10.2. The monoisotopic (exact) mass is 311 g/mol. The molecule has 0 radical (unpaired) electrons. The molecule has 0 saturated heterocycles. The number of rotatable bonds is 5. The smallest absolute Gasteiger partial charge is 0.232 e. The first-order chi connectivity index (χ1) is 11.3. The van der Waals surface area contributed by atoms with E-state index in [4.69, 9.17) is 13.9 Å². The molecule has 0 aliphatic carbocycles. The number of aryl methyl sites for hydroxylation is 1. The summed E-state index contributed by atoms with van der Waals surface area (Å²) in [4.78, 5) is 4.01. The molecule has 0 aliphatic rings. The number of hydrogen-bond donors (Lipinski definition) is 0. The second-order valence-corrected chi connectivity index (χ2v) is 4.60. The van der Waals surface area contributed by atoms with E-state index in [1.807, 2.05) is 69.3 Å². The average molecular weight is 311 g/mol. The van der Waals surface area contributed by atoms with E-state index in [2.05, 4.69) is 4.98 Å². The Balaban J connectivity index is 0.000000924. The van der Waals surface area contributed by atoms with Gasteiger partial charge in [-0.05, 0) is 31.2 Å². The van der Waals surface area contributed by atoms with Crippen molar-refractivity contribution >= 4 is 0 Å². The maximum absolute atomic E-state index is 5.79. The minimum absolute atomic E-state index is 0.293.